The molecule has 2 aliphatic rings. The second-order valence-corrected chi connectivity index (χ2v) is 8.14. The number of carbonyl (C=O) groups is 2. The second-order valence-electron chi connectivity index (χ2n) is 7.03. The third-order valence-electron chi connectivity index (χ3n) is 5.32. The predicted molar refractivity (Wildman–Crippen MR) is 96.1 cm³/mol. The van der Waals surface area contributed by atoms with E-state index in [-0.39, 0.29) is 5.91 Å². The number of rotatable bonds is 4. The maximum absolute atomic E-state index is 12.8. The molecular weight excluding hydrogens is 354 g/mol. The minimum atomic E-state index is -0.888. The van der Waals surface area contributed by atoms with E-state index in [1.165, 1.54) is 10.4 Å². The monoisotopic (exact) mass is 375 g/mol. The number of thiophene rings is 1. The van der Waals surface area contributed by atoms with Crippen molar-refractivity contribution in [2.45, 2.75) is 51.9 Å². The summed E-state index contributed by atoms with van der Waals surface area (Å²) in [5, 5.41) is 16.9. The summed E-state index contributed by atoms with van der Waals surface area (Å²) in [7, 11) is 0. The first kappa shape index (κ1) is 17.2. The Bertz CT molecular complexity index is 857. The number of carbonyl (C=O) groups excluding carboxylic acids is 1. The van der Waals surface area contributed by atoms with Crippen LogP contribution in [0.2, 0.25) is 0 Å². The number of carboxylic acids is 1. The lowest BCUT2D eigenvalue weighted by Crippen LogP contribution is -2.29. The largest absolute Gasteiger partial charge is 0.481 e. The third-order valence-corrected chi connectivity index (χ3v) is 6.53. The molecule has 0 spiro atoms. The van der Waals surface area contributed by atoms with Crippen LogP contribution < -0.4 is 5.32 Å². The Morgan fingerprint density at radius 3 is 2.69 bits per heavy atom. The van der Waals surface area contributed by atoms with Gasteiger partial charge < -0.3 is 14.9 Å². The van der Waals surface area contributed by atoms with Crippen LogP contribution in [0.15, 0.2) is 4.52 Å². The van der Waals surface area contributed by atoms with E-state index in [0.717, 1.165) is 37.7 Å². The van der Waals surface area contributed by atoms with Gasteiger partial charge in [-0.15, -0.1) is 11.3 Å². The van der Waals surface area contributed by atoms with Crippen LogP contribution in [0.4, 0.5) is 5.00 Å². The highest BCUT2D eigenvalue weighted by Gasteiger charge is 2.38. The highest BCUT2D eigenvalue weighted by molar-refractivity contribution is 7.17. The van der Waals surface area contributed by atoms with Crippen molar-refractivity contribution in [3.8, 4) is 11.5 Å². The fourth-order valence-corrected chi connectivity index (χ4v) is 5.34. The Hall–Kier alpha value is -2.22. The van der Waals surface area contributed by atoms with Gasteiger partial charge in [-0.1, -0.05) is 11.6 Å². The average molecular weight is 375 g/mol. The van der Waals surface area contributed by atoms with Crippen LogP contribution >= 0.6 is 11.3 Å². The van der Waals surface area contributed by atoms with E-state index in [4.69, 9.17) is 4.52 Å². The van der Waals surface area contributed by atoms with E-state index in [1.807, 2.05) is 0 Å². The van der Waals surface area contributed by atoms with Gasteiger partial charge in [0, 0.05) is 4.88 Å². The molecule has 26 heavy (non-hydrogen) atoms. The number of amides is 1. The van der Waals surface area contributed by atoms with Gasteiger partial charge in [0.15, 0.2) is 5.82 Å². The van der Waals surface area contributed by atoms with E-state index >= 15 is 0 Å². The molecule has 0 aromatic carbocycles. The van der Waals surface area contributed by atoms with Gasteiger partial charge in [-0.2, -0.15) is 4.98 Å². The van der Waals surface area contributed by atoms with E-state index in [2.05, 4.69) is 15.5 Å². The molecule has 0 saturated heterocycles. The molecule has 0 radical (unpaired) electrons. The van der Waals surface area contributed by atoms with Crippen molar-refractivity contribution >= 4 is 28.2 Å². The van der Waals surface area contributed by atoms with E-state index < -0.39 is 17.8 Å². The number of nitrogens with one attached hydrogen (secondary N) is 1. The van der Waals surface area contributed by atoms with Gasteiger partial charge in [0.05, 0.1) is 17.4 Å². The lowest BCUT2D eigenvalue weighted by molar-refractivity contribution is -0.145. The van der Waals surface area contributed by atoms with Crippen LogP contribution in [0, 0.1) is 18.8 Å². The molecule has 2 unspecified atom stereocenters. The first-order valence-electron chi connectivity index (χ1n) is 9.03. The molecule has 2 N–H and O–H groups in total. The van der Waals surface area contributed by atoms with Gasteiger partial charge in [0.25, 0.3) is 5.89 Å². The maximum atomic E-state index is 12.8. The number of fused-ring (bicyclic) bond motifs is 1. The minimum absolute atomic E-state index is 0.217. The van der Waals surface area contributed by atoms with Crippen LogP contribution in [-0.4, -0.2) is 27.1 Å². The molecule has 2 aliphatic carbocycles. The second kappa shape index (κ2) is 6.83. The van der Waals surface area contributed by atoms with Gasteiger partial charge >= 0.3 is 5.97 Å². The molecule has 2 atom stereocenters. The Morgan fingerprint density at radius 2 is 1.96 bits per heavy atom. The number of nitrogens with zero attached hydrogens (tertiary/aromatic N) is 2. The summed E-state index contributed by atoms with van der Waals surface area (Å²) in [6, 6.07) is 0. The predicted octanol–water partition coefficient (Wildman–Crippen LogP) is 3.42. The summed E-state index contributed by atoms with van der Waals surface area (Å²) in [6.45, 7) is 1.76. The van der Waals surface area contributed by atoms with Gasteiger partial charge in [-0.25, -0.2) is 0 Å². The van der Waals surface area contributed by atoms with Gasteiger partial charge in [0.1, 0.15) is 5.00 Å². The number of aliphatic carboxylic acids is 1. The third kappa shape index (κ3) is 3.02. The molecule has 0 bridgehead atoms. The normalized spacial score (nSPS) is 22.2. The highest BCUT2D eigenvalue weighted by atomic mass is 32.1. The van der Waals surface area contributed by atoms with Crippen molar-refractivity contribution in [3.05, 3.63) is 16.3 Å². The van der Waals surface area contributed by atoms with E-state index in [1.54, 1.807) is 18.3 Å². The number of anilines is 1. The Labute approximate surface area is 154 Å². The molecule has 8 heteroatoms. The van der Waals surface area contributed by atoms with E-state index in [9.17, 15) is 14.7 Å². The SMILES string of the molecule is Cc1noc(-c2c(NC(=O)C3CCCC3C(=O)O)sc3c2CCCC3)n1. The zero-order valence-electron chi connectivity index (χ0n) is 14.6. The number of aryl methyl sites for hydroxylation is 2. The molecular formula is C18H21N3O4S. The zero-order chi connectivity index (χ0) is 18.3. The van der Waals surface area contributed by atoms with Crippen LogP contribution in [0.3, 0.4) is 0 Å². The van der Waals surface area contributed by atoms with Crippen molar-refractivity contribution in [1.82, 2.24) is 10.1 Å². The van der Waals surface area contributed by atoms with Crippen molar-refractivity contribution < 1.29 is 19.2 Å². The number of carboxylic acid groups (broad SMARTS) is 1. The quantitative estimate of drug-likeness (QED) is 0.848. The topological polar surface area (TPSA) is 105 Å². The Morgan fingerprint density at radius 1 is 1.19 bits per heavy atom. The molecule has 4 rings (SSSR count). The standard InChI is InChI=1S/C18H21N3O4S/c1-9-19-16(25-21-9)14-12-5-2-3-8-13(12)26-17(14)20-15(22)10-6-4-7-11(10)18(23)24/h10-11H,2-8H2,1H3,(H,20,22)(H,23,24). The minimum Gasteiger partial charge on any atom is -0.481 e. The maximum Gasteiger partial charge on any atom is 0.307 e. The fourth-order valence-electron chi connectivity index (χ4n) is 4.05. The van der Waals surface area contributed by atoms with Gasteiger partial charge in [-0.3, -0.25) is 9.59 Å². The summed E-state index contributed by atoms with van der Waals surface area (Å²) in [6.07, 6.45) is 6.09. The van der Waals surface area contributed by atoms with Gasteiger partial charge in [0.2, 0.25) is 5.91 Å². The molecule has 2 aromatic rings. The fraction of sp³-hybridized carbons (Fsp3) is 0.556. The molecule has 0 aliphatic heterocycles. The lowest BCUT2D eigenvalue weighted by Gasteiger charge is -2.15. The Balaban J connectivity index is 1.67. The van der Waals surface area contributed by atoms with Gasteiger partial charge in [-0.05, 0) is 51.0 Å². The van der Waals surface area contributed by atoms with Crippen molar-refractivity contribution in [1.29, 1.82) is 0 Å². The van der Waals surface area contributed by atoms with E-state index in [0.29, 0.717) is 29.6 Å². The first-order valence-corrected chi connectivity index (χ1v) is 9.85. The van der Waals surface area contributed by atoms with Crippen molar-refractivity contribution in [2.24, 2.45) is 11.8 Å². The molecule has 7 nitrogen and oxygen atoms in total. The first-order chi connectivity index (χ1) is 12.5. The molecule has 2 heterocycles. The number of aromatic nitrogens is 2. The summed E-state index contributed by atoms with van der Waals surface area (Å²) < 4.78 is 5.38. The summed E-state index contributed by atoms with van der Waals surface area (Å²) in [4.78, 5) is 29.8. The molecule has 1 saturated carbocycles. The van der Waals surface area contributed by atoms with Crippen LogP contribution in [0.25, 0.3) is 11.5 Å². The Kier molecular flexibility index (Phi) is 4.52. The smallest absolute Gasteiger partial charge is 0.307 e. The summed E-state index contributed by atoms with van der Waals surface area (Å²) >= 11 is 1.56. The average Bonchev–Trinajstić information content (AvgIpc) is 3.31. The lowest BCUT2D eigenvalue weighted by atomic mass is 9.94. The van der Waals surface area contributed by atoms with Crippen molar-refractivity contribution in [2.75, 3.05) is 5.32 Å². The van der Waals surface area contributed by atoms with Crippen LogP contribution in [0.5, 0.6) is 0 Å². The summed E-state index contributed by atoms with van der Waals surface area (Å²) in [5.74, 6) is -1.21. The number of hydrogen-bond donors (Lipinski definition) is 2. The van der Waals surface area contributed by atoms with Crippen LogP contribution in [-0.2, 0) is 22.4 Å². The zero-order valence-corrected chi connectivity index (χ0v) is 15.4. The molecule has 1 amide bonds. The molecule has 138 valence electrons. The number of hydrogen-bond acceptors (Lipinski definition) is 6. The molecule has 2 aromatic heterocycles. The van der Waals surface area contributed by atoms with Crippen LogP contribution in [0.1, 0.15) is 48.4 Å². The summed E-state index contributed by atoms with van der Waals surface area (Å²) in [5.41, 5.74) is 2.00. The van der Waals surface area contributed by atoms with Crippen molar-refractivity contribution in [3.63, 3.8) is 0 Å². The highest BCUT2D eigenvalue weighted by Crippen LogP contribution is 2.44. The molecule has 1 fully saturated rings.